The number of hydrogen-bond acceptors (Lipinski definition) is 3. The molecule has 154 valence electrons. The van der Waals surface area contributed by atoms with Crippen molar-refractivity contribution in [2.75, 3.05) is 13.1 Å². The topological polar surface area (TPSA) is 66.5 Å². The molecule has 0 spiro atoms. The molecule has 0 aliphatic heterocycles. The molecule has 5 heteroatoms. The second kappa shape index (κ2) is 10.6. The van der Waals surface area contributed by atoms with Crippen molar-refractivity contribution in [3.63, 3.8) is 0 Å². The number of likely N-dealkylation sites (N-methyl/N-ethyl adjacent to an activating group) is 1. The normalized spacial score (nSPS) is 11.6. The minimum absolute atomic E-state index is 0.0423. The predicted molar refractivity (Wildman–Crippen MR) is 115 cm³/mol. The number of nitrogens with one attached hydrogen (secondary N) is 1. The van der Waals surface area contributed by atoms with Gasteiger partial charge in [-0.2, -0.15) is 0 Å². The van der Waals surface area contributed by atoms with Gasteiger partial charge in [-0.15, -0.1) is 0 Å². The van der Waals surface area contributed by atoms with Crippen LogP contribution in [0.4, 0.5) is 0 Å². The summed E-state index contributed by atoms with van der Waals surface area (Å²) in [5.74, 6) is -0.527. The van der Waals surface area contributed by atoms with Crippen LogP contribution >= 0.6 is 0 Å². The number of amides is 2. The molecule has 29 heavy (non-hydrogen) atoms. The molecule has 0 heterocycles. The average molecular weight is 395 g/mol. The van der Waals surface area contributed by atoms with Crippen LogP contribution in [0.25, 0.3) is 0 Å². The number of benzene rings is 2. The lowest BCUT2D eigenvalue weighted by Crippen LogP contribution is -2.42. The van der Waals surface area contributed by atoms with Crippen molar-refractivity contribution in [1.29, 1.82) is 0 Å². The number of Topliss-reactive ketones (excluding diaryl/α,β-unsaturated/α-hetero) is 1. The number of carbonyl (C=O) groups is 3. The van der Waals surface area contributed by atoms with Gasteiger partial charge in [0, 0.05) is 31.5 Å². The van der Waals surface area contributed by atoms with Crippen LogP contribution in [0.2, 0.25) is 0 Å². The lowest BCUT2D eigenvalue weighted by Gasteiger charge is -2.26. The molecule has 0 aromatic heterocycles. The summed E-state index contributed by atoms with van der Waals surface area (Å²) in [6.07, 6.45) is 0.149. The second-order valence-electron chi connectivity index (χ2n) is 7.14. The monoisotopic (exact) mass is 394 g/mol. The molecule has 2 aromatic carbocycles. The van der Waals surface area contributed by atoms with Gasteiger partial charge in [-0.25, -0.2) is 0 Å². The highest BCUT2D eigenvalue weighted by atomic mass is 16.2. The van der Waals surface area contributed by atoms with Crippen LogP contribution in [-0.2, 0) is 9.59 Å². The molecule has 5 nitrogen and oxygen atoms in total. The van der Waals surface area contributed by atoms with E-state index < -0.39 is 6.04 Å². The van der Waals surface area contributed by atoms with Gasteiger partial charge in [0.15, 0.2) is 5.78 Å². The fourth-order valence-electron chi connectivity index (χ4n) is 3.17. The van der Waals surface area contributed by atoms with E-state index in [1.165, 1.54) is 0 Å². The van der Waals surface area contributed by atoms with Crippen molar-refractivity contribution in [2.24, 2.45) is 0 Å². The standard InChI is InChI=1S/C24H30N2O3/c1-5-26(6-2)24(29)23(19-10-8-7-9-11-19)25-22(28)15-14-21(27)20-13-12-17(3)18(4)16-20/h7-13,16,23H,5-6,14-15H2,1-4H3,(H,25,28). The van der Waals surface area contributed by atoms with Gasteiger partial charge in [-0.05, 0) is 50.5 Å². The largest absolute Gasteiger partial charge is 0.341 e. The van der Waals surface area contributed by atoms with Gasteiger partial charge in [0.1, 0.15) is 6.04 Å². The summed E-state index contributed by atoms with van der Waals surface area (Å²) in [5.41, 5.74) is 3.52. The van der Waals surface area contributed by atoms with Gasteiger partial charge in [-0.1, -0.05) is 42.5 Å². The number of carbonyl (C=O) groups excluding carboxylic acids is 3. The SMILES string of the molecule is CCN(CC)C(=O)C(NC(=O)CCC(=O)c1ccc(C)c(C)c1)c1ccccc1. The fourth-order valence-corrected chi connectivity index (χ4v) is 3.17. The average Bonchev–Trinajstić information content (AvgIpc) is 2.73. The summed E-state index contributed by atoms with van der Waals surface area (Å²) < 4.78 is 0. The van der Waals surface area contributed by atoms with Crippen LogP contribution in [0.5, 0.6) is 0 Å². The van der Waals surface area contributed by atoms with E-state index in [4.69, 9.17) is 0 Å². The van der Waals surface area contributed by atoms with E-state index in [0.717, 1.165) is 16.7 Å². The molecule has 2 aromatic rings. The Labute approximate surface area is 173 Å². The van der Waals surface area contributed by atoms with Gasteiger partial charge in [0.2, 0.25) is 11.8 Å². The quantitative estimate of drug-likeness (QED) is 0.654. The van der Waals surface area contributed by atoms with Crippen LogP contribution in [0.3, 0.4) is 0 Å². The van der Waals surface area contributed by atoms with Crippen LogP contribution in [0.1, 0.15) is 59.8 Å². The molecular formula is C24H30N2O3. The van der Waals surface area contributed by atoms with Crippen molar-refractivity contribution in [3.05, 3.63) is 70.8 Å². The zero-order valence-corrected chi connectivity index (χ0v) is 17.7. The summed E-state index contributed by atoms with van der Waals surface area (Å²) in [6, 6.07) is 14.0. The molecule has 2 rings (SSSR count). The van der Waals surface area contributed by atoms with Gasteiger partial charge in [0.25, 0.3) is 0 Å². The maximum atomic E-state index is 12.9. The third-order valence-electron chi connectivity index (χ3n) is 5.17. The number of nitrogens with zero attached hydrogens (tertiary/aromatic N) is 1. The Morgan fingerprint density at radius 1 is 0.897 bits per heavy atom. The first-order valence-electron chi connectivity index (χ1n) is 10.1. The maximum absolute atomic E-state index is 12.9. The first-order chi connectivity index (χ1) is 13.9. The zero-order valence-electron chi connectivity index (χ0n) is 17.7. The Hall–Kier alpha value is -2.95. The van der Waals surface area contributed by atoms with Crippen LogP contribution in [0, 0.1) is 13.8 Å². The van der Waals surface area contributed by atoms with E-state index in [1.807, 2.05) is 70.2 Å². The van der Waals surface area contributed by atoms with Gasteiger partial charge >= 0.3 is 0 Å². The number of aryl methyl sites for hydroxylation is 2. The zero-order chi connectivity index (χ0) is 21.4. The van der Waals surface area contributed by atoms with E-state index >= 15 is 0 Å². The predicted octanol–water partition coefficient (Wildman–Crippen LogP) is 3.99. The third-order valence-corrected chi connectivity index (χ3v) is 5.17. The van der Waals surface area contributed by atoms with E-state index in [9.17, 15) is 14.4 Å². The highest BCUT2D eigenvalue weighted by molar-refractivity contribution is 5.98. The Balaban J connectivity index is 2.06. The van der Waals surface area contributed by atoms with E-state index in [-0.39, 0.29) is 30.4 Å². The molecule has 0 saturated carbocycles. The summed E-state index contributed by atoms with van der Waals surface area (Å²) in [7, 11) is 0. The number of hydrogen-bond donors (Lipinski definition) is 1. The van der Waals surface area contributed by atoms with Crippen molar-refractivity contribution in [3.8, 4) is 0 Å². The molecule has 1 unspecified atom stereocenters. The van der Waals surface area contributed by atoms with E-state index in [2.05, 4.69) is 5.32 Å². The molecule has 0 fully saturated rings. The first kappa shape index (κ1) is 22.3. The van der Waals surface area contributed by atoms with Crippen molar-refractivity contribution in [1.82, 2.24) is 10.2 Å². The minimum atomic E-state index is -0.750. The molecule has 0 saturated heterocycles. The lowest BCUT2D eigenvalue weighted by atomic mass is 10.0. The molecule has 0 radical (unpaired) electrons. The molecule has 2 amide bonds. The minimum Gasteiger partial charge on any atom is -0.341 e. The first-order valence-corrected chi connectivity index (χ1v) is 10.1. The Morgan fingerprint density at radius 2 is 1.55 bits per heavy atom. The van der Waals surface area contributed by atoms with Crippen molar-refractivity contribution < 1.29 is 14.4 Å². The smallest absolute Gasteiger partial charge is 0.249 e. The Kier molecular flexibility index (Phi) is 8.13. The van der Waals surface area contributed by atoms with E-state index in [0.29, 0.717) is 18.7 Å². The molecular weight excluding hydrogens is 364 g/mol. The van der Waals surface area contributed by atoms with Gasteiger partial charge in [0.05, 0.1) is 0 Å². The molecule has 0 aliphatic carbocycles. The highest BCUT2D eigenvalue weighted by Crippen LogP contribution is 2.17. The van der Waals surface area contributed by atoms with Crippen molar-refractivity contribution in [2.45, 2.75) is 46.6 Å². The Morgan fingerprint density at radius 3 is 2.14 bits per heavy atom. The van der Waals surface area contributed by atoms with Gasteiger partial charge < -0.3 is 10.2 Å². The third kappa shape index (κ3) is 6.01. The van der Waals surface area contributed by atoms with Crippen LogP contribution in [0.15, 0.2) is 48.5 Å². The van der Waals surface area contributed by atoms with Crippen LogP contribution in [-0.4, -0.2) is 35.6 Å². The molecule has 1 N–H and O–H groups in total. The highest BCUT2D eigenvalue weighted by Gasteiger charge is 2.26. The molecule has 1 atom stereocenters. The van der Waals surface area contributed by atoms with E-state index in [1.54, 1.807) is 11.0 Å². The molecule has 0 bridgehead atoms. The maximum Gasteiger partial charge on any atom is 0.249 e. The van der Waals surface area contributed by atoms with Crippen molar-refractivity contribution >= 4 is 17.6 Å². The Bertz CT molecular complexity index is 858. The molecule has 0 aliphatic rings. The fraction of sp³-hybridized carbons (Fsp3) is 0.375. The summed E-state index contributed by atoms with van der Waals surface area (Å²) in [4.78, 5) is 39.6. The van der Waals surface area contributed by atoms with Gasteiger partial charge in [-0.3, -0.25) is 14.4 Å². The summed E-state index contributed by atoms with van der Waals surface area (Å²) in [5, 5.41) is 2.83. The lowest BCUT2D eigenvalue weighted by molar-refractivity contribution is -0.136. The summed E-state index contributed by atoms with van der Waals surface area (Å²) in [6.45, 7) is 8.91. The number of rotatable bonds is 9. The second-order valence-corrected chi connectivity index (χ2v) is 7.14. The summed E-state index contributed by atoms with van der Waals surface area (Å²) >= 11 is 0. The van der Waals surface area contributed by atoms with Crippen LogP contribution < -0.4 is 5.32 Å². The number of ketones is 1.